The van der Waals surface area contributed by atoms with Crippen molar-refractivity contribution in [2.45, 2.75) is 6.10 Å². The fourth-order valence-electron chi connectivity index (χ4n) is 1.82. The summed E-state index contributed by atoms with van der Waals surface area (Å²) in [5.74, 6) is 0.812. The molecule has 0 saturated heterocycles. The number of rotatable bonds is 7. The maximum Gasteiger partial charge on any atom is 0.161 e. The van der Waals surface area contributed by atoms with Gasteiger partial charge in [0.05, 0.1) is 12.8 Å². The number of aliphatic hydroxyl groups is 1. The summed E-state index contributed by atoms with van der Waals surface area (Å²) in [7, 11) is 1.55. The molecule has 0 radical (unpaired) electrons. The lowest BCUT2D eigenvalue weighted by Crippen LogP contribution is -2.26. The van der Waals surface area contributed by atoms with E-state index in [-0.39, 0.29) is 19.0 Å². The molecule has 0 aliphatic rings. The van der Waals surface area contributed by atoms with Crippen LogP contribution in [-0.4, -0.2) is 31.5 Å². The smallest absolute Gasteiger partial charge is 0.161 e. The number of halogens is 1. The second-order valence-electron chi connectivity index (χ2n) is 4.48. The predicted molar refractivity (Wildman–Crippen MR) is 79.4 cm³/mol. The zero-order chi connectivity index (χ0) is 15.1. The topological polar surface area (TPSA) is 50.7 Å². The highest BCUT2D eigenvalue weighted by atomic mass is 19.1. The van der Waals surface area contributed by atoms with E-state index in [2.05, 4.69) is 5.32 Å². The molecule has 0 bridgehead atoms. The minimum Gasteiger partial charge on any atom is -0.493 e. The lowest BCUT2D eigenvalue weighted by molar-refractivity contribution is 0.115. The Labute approximate surface area is 123 Å². The molecule has 0 aliphatic heterocycles. The van der Waals surface area contributed by atoms with Crippen LogP contribution < -0.4 is 14.8 Å². The van der Waals surface area contributed by atoms with Crippen molar-refractivity contribution in [3.63, 3.8) is 0 Å². The van der Waals surface area contributed by atoms with Gasteiger partial charge in [0.2, 0.25) is 0 Å². The van der Waals surface area contributed by atoms with Crippen LogP contribution in [0.2, 0.25) is 0 Å². The highest BCUT2D eigenvalue weighted by molar-refractivity contribution is 5.44. The van der Waals surface area contributed by atoms with Gasteiger partial charge >= 0.3 is 0 Å². The van der Waals surface area contributed by atoms with Gasteiger partial charge in [-0.25, -0.2) is 4.39 Å². The molecule has 2 rings (SSSR count). The van der Waals surface area contributed by atoms with Crippen molar-refractivity contribution in [2.24, 2.45) is 0 Å². The second-order valence-corrected chi connectivity index (χ2v) is 4.48. The number of methoxy groups -OCH3 is 1. The summed E-state index contributed by atoms with van der Waals surface area (Å²) < 4.78 is 24.0. The van der Waals surface area contributed by atoms with Crippen LogP contribution in [0.3, 0.4) is 0 Å². The molecule has 0 aliphatic carbocycles. The van der Waals surface area contributed by atoms with Gasteiger partial charge in [0.15, 0.2) is 11.5 Å². The van der Waals surface area contributed by atoms with E-state index in [4.69, 9.17) is 9.47 Å². The Balaban J connectivity index is 1.82. The minimum atomic E-state index is -0.769. The Hall–Kier alpha value is -2.27. The van der Waals surface area contributed by atoms with E-state index < -0.39 is 6.10 Å². The first-order valence-electron chi connectivity index (χ1n) is 6.63. The van der Waals surface area contributed by atoms with Crippen LogP contribution in [0.25, 0.3) is 0 Å². The largest absolute Gasteiger partial charge is 0.493 e. The minimum absolute atomic E-state index is 0.0851. The standard InChI is InChI=1S/C16H18FNO3/c1-20-15-8-4-5-9-16(15)21-11-12(19)10-18-14-7-3-2-6-13(14)17/h2-9,12,18-19H,10-11H2,1H3. The van der Waals surface area contributed by atoms with E-state index in [1.165, 1.54) is 6.07 Å². The SMILES string of the molecule is COc1ccccc1OCC(O)CNc1ccccc1F. The van der Waals surface area contributed by atoms with Crippen molar-refractivity contribution >= 4 is 5.69 Å². The van der Waals surface area contributed by atoms with E-state index in [9.17, 15) is 9.50 Å². The van der Waals surface area contributed by atoms with Gasteiger partial charge in [-0.15, -0.1) is 0 Å². The van der Waals surface area contributed by atoms with Crippen molar-refractivity contribution < 1.29 is 19.0 Å². The number of ether oxygens (including phenoxy) is 2. The van der Waals surface area contributed by atoms with Gasteiger partial charge in [0.25, 0.3) is 0 Å². The van der Waals surface area contributed by atoms with Crippen molar-refractivity contribution in [1.29, 1.82) is 0 Å². The highest BCUT2D eigenvalue weighted by Gasteiger charge is 2.09. The molecule has 2 N–H and O–H groups in total. The van der Waals surface area contributed by atoms with Crippen LogP contribution in [0, 0.1) is 5.82 Å². The van der Waals surface area contributed by atoms with E-state index in [1.807, 2.05) is 12.1 Å². The van der Waals surface area contributed by atoms with Gasteiger partial charge in [0.1, 0.15) is 18.5 Å². The summed E-state index contributed by atoms with van der Waals surface area (Å²) in [6, 6.07) is 13.5. The summed E-state index contributed by atoms with van der Waals surface area (Å²) >= 11 is 0. The summed E-state index contributed by atoms with van der Waals surface area (Å²) in [5.41, 5.74) is 0.355. The first-order valence-corrected chi connectivity index (χ1v) is 6.63. The molecule has 2 aromatic rings. The Morgan fingerprint density at radius 1 is 1.10 bits per heavy atom. The summed E-state index contributed by atoms with van der Waals surface area (Å²) in [6.07, 6.45) is -0.769. The molecule has 2 aromatic carbocycles. The van der Waals surface area contributed by atoms with Crippen LogP contribution in [0.1, 0.15) is 0 Å². The number of nitrogens with one attached hydrogen (secondary N) is 1. The third-order valence-corrected chi connectivity index (χ3v) is 2.90. The Morgan fingerprint density at radius 3 is 2.48 bits per heavy atom. The molecular formula is C16H18FNO3. The Morgan fingerprint density at radius 2 is 1.76 bits per heavy atom. The second kappa shape index (κ2) is 7.50. The molecule has 0 amide bonds. The quantitative estimate of drug-likeness (QED) is 0.823. The van der Waals surface area contributed by atoms with Gasteiger partial charge in [-0.05, 0) is 24.3 Å². The molecular weight excluding hydrogens is 273 g/mol. The Kier molecular flexibility index (Phi) is 5.40. The predicted octanol–water partition coefficient (Wildman–Crippen LogP) is 2.69. The van der Waals surface area contributed by atoms with Crippen molar-refractivity contribution in [1.82, 2.24) is 0 Å². The number of benzene rings is 2. The molecule has 0 fully saturated rings. The van der Waals surface area contributed by atoms with Gasteiger partial charge in [-0.3, -0.25) is 0 Å². The molecule has 0 aromatic heterocycles. The third kappa shape index (κ3) is 4.36. The molecule has 4 nitrogen and oxygen atoms in total. The van der Waals surface area contributed by atoms with E-state index in [0.717, 1.165) is 0 Å². The molecule has 21 heavy (non-hydrogen) atoms. The van der Waals surface area contributed by atoms with Gasteiger partial charge in [-0.2, -0.15) is 0 Å². The number of aliphatic hydroxyl groups excluding tert-OH is 1. The average Bonchev–Trinajstić information content (AvgIpc) is 2.52. The molecule has 0 spiro atoms. The normalized spacial score (nSPS) is 11.8. The van der Waals surface area contributed by atoms with Crippen LogP contribution >= 0.6 is 0 Å². The fourth-order valence-corrected chi connectivity index (χ4v) is 1.82. The fraction of sp³-hybridized carbons (Fsp3) is 0.250. The monoisotopic (exact) mass is 291 g/mol. The van der Waals surface area contributed by atoms with Crippen LogP contribution in [0.5, 0.6) is 11.5 Å². The van der Waals surface area contributed by atoms with E-state index in [1.54, 1.807) is 37.4 Å². The maximum absolute atomic E-state index is 13.4. The maximum atomic E-state index is 13.4. The van der Waals surface area contributed by atoms with Crippen LogP contribution in [0.4, 0.5) is 10.1 Å². The summed E-state index contributed by atoms with van der Waals surface area (Å²) in [6.45, 7) is 0.276. The lowest BCUT2D eigenvalue weighted by Gasteiger charge is -2.15. The number of anilines is 1. The first kappa shape index (κ1) is 15.1. The zero-order valence-electron chi connectivity index (χ0n) is 11.8. The molecule has 0 heterocycles. The van der Waals surface area contributed by atoms with Gasteiger partial charge < -0.3 is 19.9 Å². The Bertz CT molecular complexity index is 577. The molecule has 1 unspecified atom stereocenters. The summed E-state index contributed by atoms with van der Waals surface area (Å²) in [4.78, 5) is 0. The van der Waals surface area contributed by atoms with E-state index in [0.29, 0.717) is 17.2 Å². The first-order chi connectivity index (χ1) is 10.2. The van der Waals surface area contributed by atoms with Crippen molar-refractivity contribution in [3.8, 4) is 11.5 Å². The third-order valence-electron chi connectivity index (χ3n) is 2.90. The number of hydrogen-bond acceptors (Lipinski definition) is 4. The zero-order valence-corrected chi connectivity index (χ0v) is 11.8. The number of hydrogen-bond donors (Lipinski definition) is 2. The number of para-hydroxylation sites is 3. The van der Waals surface area contributed by atoms with Gasteiger partial charge in [0, 0.05) is 6.54 Å². The molecule has 1 atom stereocenters. The highest BCUT2D eigenvalue weighted by Crippen LogP contribution is 2.25. The molecule has 5 heteroatoms. The van der Waals surface area contributed by atoms with E-state index >= 15 is 0 Å². The van der Waals surface area contributed by atoms with Crippen molar-refractivity contribution in [2.75, 3.05) is 25.6 Å². The van der Waals surface area contributed by atoms with Crippen LogP contribution in [0.15, 0.2) is 48.5 Å². The van der Waals surface area contributed by atoms with Crippen LogP contribution in [-0.2, 0) is 0 Å². The van der Waals surface area contributed by atoms with Crippen molar-refractivity contribution in [3.05, 3.63) is 54.3 Å². The van der Waals surface area contributed by atoms with Gasteiger partial charge in [-0.1, -0.05) is 24.3 Å². The summed E-state index contributed by atoms with van der Waals surface area (Å²) in [5, 5.41) is 12.7. The average molecular weight is 291 g/mol. The molecule has 0 saturated carbocycles. The molecule has 112 valence electrons. The lowest BCUT2D eigenvalue weighted by atomic mass is 10.3.